The Morgan fingerprint density at radius 2 is 1.07 bits per heavy atom. The first-order valence-electron chi connectivity index (χ1n) is 26.7. The Bertz CT molecular complexity index is 4100. The highest BCUT2D eigenvalue weighted by molar-refractivity contribution is 6.10. The number of pyridine rings is 3. The maximum Gasteiger partial charge on any atom is 0.227 e. The Hall–Kier alpha value is -9.20. The number of aromatic nitrogens is 3. The van der Waals surface area contributed by atoms with Crippen LogP contribution in [0, 0.1) is 13.7 Å². The second kappa shape index (κ2) is 18.3. The molecule has 1 N–H and O–H groups in total. The summed E-state index contributed by atoms with van der Waals surface area (Å²) in [6, 6.07) is 59.2. The number of para-hydroxylation sites is 2. The third kappa shape index (κ3) is 8.20. The largest absolute Gasteiger partial charge is 0.512 e. The molecular formula is C65H47N3O4. The number of benzene rings is 7. The van der Waals surface area contributed by atoms with E-state index in [4.69, 9.17) is 27.0 Å². The molecule has 0 radical (unpaired) electrons. The number of carbonyl (C=O) groups excluding carboxylic acids is 1. The van der Waals surface area contributed by atoms with Crippen molar-refractivity contribution in [1.29, 1.82) is 0 Å². The van der Waals surface area contributed by atoms with E-state index < -0.39 is 13.7 Å². The fraction of sp³-hybridized carbons (Fsp3) is 0.0769. The molecule has 0 fully saturated rings. The summed E-state index contributed by atoms with van der Waals surface area (Å²) in [7, 11) is 0. The number of aliphatic hydroxyl groups is 1. The first kappa shape index (κ1) is 37.7. The molecular weight excluding hydrogens is 887 g/mol. The van der Waals surface area contributed by atoms with Crippen LogP contribution < -0.4 is 0 Å². The van der Waals surface area contributed by atoms with Crippen molar-refractivity contribution in [3.63, 3.8) is 0 Å². The van der Waals surface area contributed by atoms with Gasteiger partial charge in [-0.25, -0.2) is 4.98 Å². The van der Waals surface area contributed by atoms with Crippen molar-refractivity contribution in [3.05, 3.63) is 223 Å². The standard InChI is InChI=1S/C65H47N3O4/c1-39-22-28-54-55-18-10-20-58(63(55)71-62(54)32-39)60-30-25-43(37-66-60)50-14-6-8-16-52(50)46-34-45(49-13-5-4-12-42(49)24-27-48(70)33-41(3)69)35-47(36-46)53-17-9-7-15-51(53)44-26-31-61(67-38-44)59-21-11-19-56-57-29-23-40(2)68-65(57)72-64(56)59/h4-23,25-26,28-38,69H,24,27H2,1-3H3/i1D3,2D3. The predicted octanol–water partition coefficient (Wildman–Crippen LogP) is 16.9. The van der Waals surface area contributed by atoms with Crippen molar-refractivity contribution in [3.8, 4) is 78.1 Å². The molecule has 7 aromatic carbocycles. The molecule has 0 aliphatic carbocycles. The van der Waals surface area contributed by atoms with Gasteiger partial charge >= 0.3 is 0 Å². The summed E-state index contributed by atoms with van der Waals surface area (Å²) >= 11 is 0. The Morgan fingerprint density at radius 3 is 1.65 bits per heavy atom. The summed E-state index contributed by atoms with van der Waals surface area (Å²) < 4.78 is 60.0. The molecule has 0 spiro atoms. The Labute approximate surface area is 424 Å². The van der Waals surface area contributed by atoms with Gasteiger partial charge in [-0.2, -0.15) is 0 Å². The number of fused-ring (bicyclic) bond motifs is 6. The number of hydrogen-bond donors (Lipinski definition) is 1. The van der Waals surface area contributed by atoms with Gasteiger partial charge in [-0.15, -0.1) is 0 Å². The topological polar surface area (TPSA) is 102 Å². The smallest absolute Gasteiger partial charge is 0.227 e. The molecule has 12 rings (SSSR count). The third-order valence-corrected chi connectivity index (χ3v) is 13.3. The second-order valence-electron chi connectivity index (χ2n) is 18.0. The zero-order chi connectivity index (χ0) is 53.9. The fourth-order valence-corrected chi connectivity index (χ4v) is 9.96. The number of ketones is 1. The van der Waals surface area contributed by atoms with E-state index in [1.54, 1.807) is 24.3 Å². The van der Waals surface area contributed by atoms with Crippen LogP contribution >= 0.6 is 0 Å². The van der Waals surface area contributed by atoms with E-state index in [1.807, 2.05) is 109 Å². The Morgan fingerprint density at radius 1 is 0.528 bits per heavy atom. The molecule has 5 heterocycles. The first-order valence-corrected chi connectivity index (χ1v) is 23.7. The monoisotopic (exact) mass is 939 g/mol. The molecule has 0 saturated carbocycles. The molecule has 0 amide bonds. The molecule has 0 unspecified atom stereocenters. The van der Waals surface area contributed by atoms with Gasteiger partial charge in [0, 0.05) is 82.6 Å². The first-order chi connectivity index (χ1) is 37.6. The van der Waals surface area contributed by atoms with Crippen LogP contribution in [0.3, 0.4) is 0 Å². The Balaban J connectivity index is 0.943. The molecule has 12 aromatic rings. The van der Waals surface area contributed by atoms with Gasteiger partial charge < -0.3 is 13.9 Å². The minimum absolute atomic E-state index is 0.0250. The Kier molecular flexibility index (Phi) is 9.56. The highest BCUT2D eigenvalue weighted by Gasteiger charge is 2.19. The summed E-state index contributed by atoms with van der Waals surface area (Å²) in [5.41, 5.74) is 15.5. The van der Waals surface area contributed by atoms with E-state index in [1.165, 1.54) is 19.1 Å². The molecule has 0 aliphatic rings. The van der Waals surface area contributed by atoms with Gasteiger partial charge in [0.15, 0.2) is 5.78 Å². The van der Waals surface area contributed by atoms with Gasteiger partial charge in [0.05, 0.1) is 17.1 Å². The fourth-order valence-electron chi connectivity index (χ4n) is 9.96. The van der Waals surface area contributed by atoms with Gasteiger partial charge in [-0.3, -0.25) is 14.8 Å². The lowest BCUT2D eigenvalue weighted by Gasteiger charge is -2.18. The number of carbonyl (C=O) groups is 1. The van der Waals surface area contributed by atoms with Gasteiger partial charge in [0.1, 0.15) is 16.7 Å². The van der Waals surface area contributed by atoms with Crippen molar-refractivity contribution in [2.45, 2.75) is 33.5 Å². The lowest BCUT2D eigenvalue weighted by atomic mass is 9.86. The summed E-state index contributed by atoms with van der Waals surface area (Å²) in [5, 5.41) is 13.1. The number of aryl methyl sites for hydroxylation is 3. The second-order valence-corrected chi connectivity index (χ2v) is 18.0. The van der Waals surface area contributed by atoms with Crippen LogP contribution in [0.25, 0.3) is 122 Å². The lowest BCUT2D eigenvalue weighted by Crippen LogP contribution is -1.99. The molecule has 7 nitrogen and oxygen atoms in total. The van der Waals surface area contributed by atoms with E-state index >= 15 is 0 Å². The third-order valence-electron chi connectivity index (χ3n) is 13.3. The number of furan rings is 2. The van der Waals surface area contributed by atoms with E-state index in [0.29, 0.717) is 34.6 Å². The summed E-state index contributed by atoms with van der Waals surface area (Å²) in [5.74, 6) is -0.181. The van der Waals surface area contributed by atoms with Gasteiger partial charge in [0.25, 0.3) is 0 Å². The summed E-state index contributed by atoms with van der Waals surface area (Å²) in [6.07, 6.45) is 5.69. The van der Waals surface area contributed by atoms with E-state index in [0.717, 1.165) is 93.9 Å². The van der Waals surface area contributed by atoms with Gasteiger partial charge in [-0.05, 0) is 143 Å². The van der Waals surface area contributed by atoms with Crippen LogP contribution in [0.5, 0.6) is 0 Å². The number of hydrogen-bond acceptors (Lipinski definition) is 7. The molecule has 0 saturated heterocycles. The van der Waals surface area contributed by atoms with Crippen LogP contribution in [0.15, 0.2) is 215 Å². The zero-order valence-corrected chi connectivity index (χ0v) is 39.0. The van der Waals surface area contributed by atoms with E-state index in [9.17, 15) is 9.90 Å². The van der Waals surface area contributed by atoms with Crippen molar-refractivity contribution < 1.29 is 27.0 Å². The van der Waals surface area contributed by atoms with Crippen LogP contribution in [0.1, 0.15) is 38.4 Å². The van der Waals surface area contributed by atoms with Crippen molar-refractivity contribution >= 4 is 49.8 Å². The molecule has 72 heavy (non-hydrogen) atoms. The normalized spacial score (nSPS) is 13.4. The molecule has 5 aromatic heterocycles. The molecule has 0 aliphatic heterocycles. The quantitative estimate of drug-likeness (QED) is 0.102. The van der Waals surface area contributed by atoms with Crippen molar-refractivity contribution in [2.75, 3.05) is 0 Å². The number of nitrogens with zero attached hydrogens (tertiary/aromatic N) is 3. The molecule has 0 atom stereocenters. The molecule has 0 bridgehead atoms. The average Bonchev–Trinajstić information content (AvgIpc) is 4.08. The number of aliphatic hydroxyl groups excluding tert-OH is 1. The summed E-state index contributed by atoms with van der Waals surface area (Å²) in [6.45, 7) is -3.14. The van der Waals surface area contributed by atoms with Gasteiger partial charge in [-0.1, -0.05) is 121 Å². The highest BCUT2D eigenvalue weighted by Crippen LogP contribution is 2.43. The number of allylic oxidation sites excluding steroid dienone is 2. The molecule has 346 valence electrons. The highest BCUT2D eigenvalue weighted by atomic mass is 16.3. The van der Waals surface area contributed by atoms with Crippen LogP contribution in [-0.4, -0.2) is 25.8 Å². The number of rotatable bonds is 11. The lowest BCUT2D eigenvalue weighted by molar-refractivity contribution is -0.114. The maximum atomic E-state index is 12.9. The minimum Gasteiger partial charge on any atom is -0.512 e. The van der Waals surface area contributed by atoms with Crippen LogP contribution in [0.4, 0.5) is 0 Å². The van der Waals surface area contributed by atoms with Gasteiger partial charge in [0.2, 0.25) is 5.71 Å². The molecule has 7 heteroatoms. The van der Waals surface area contributed by atoms with E-state index in [-0.39, 0.29) is 34.9 Å². The van der Waals surface area contributed by atoms with Crippen LogP contribution in [-0.2, 0) is 11.2 Å². The maximum absolute atomic E-state index is 12.9. The average molecular weight is 940 g/mol. The predicted molar refractivity (Wildman–Crippen MR) is 292 cm³/mol. The van der Waals surface area contributed by atoms with Crippen molar-refractivity contribution in [2.24, 2.45) is 0 Å². The zero-order valence-electron chi connectivity index (χ0n) is 45.0. The minimum atomic E-state index is -2.37. The van der Waals surface area contributed by atoms with Crippen LogP contribution in [0.2, 0.25) is 0 Å². The SMILES string of the molecule is [2H]C([2H])([2H])c1ccc2c(c1)oc1c(-c3ccc(-c4ccccc4-c4cc(-c5ccccc5CCC(=O)C=C(C)O)cc(-c5ccccc5-c5ccc(-c6cccc7c6oc6nc(C([2H])([2H])[2H])ccc67)nc5)c4)cn3)cccc12. The van der Waals surface area contributed by atoms with E-state index in [2.05, 4.69) is 59.6 Å². The summed E-state index contributed by atoms with van der Waals surface area (Å²) in [4.78, 5) is 27.2. The van der Waals surface area contributed by atoms with Crippen molar-refractivity contribution in [1.82, 2.24) is 15.0 Å².